The fourth-order valence-corrected chi connectivity index (χ4v) is 2.01. The third-order valence-electron chi connectivity index (χ3n) is 3.31. The molecular formula is C15H26N2. The summed E-state index contributed by atoms with van der Waals surface area (Å²) < 4.78 is 0. The molecule has 1 rings (SSSR count). The molecule has 0 aromatic heterocycles. The lowest BCUT2D eigenvalue weighted by molar-refractivity contribution is 0.489. The van der Waals surface area contributed by atoms with Gasteiger partial charge in [0.25, 0.3) is 0 Å². The van der Waals surface area contributed by atoms with E-state index in [0.717, 1.165) is 13.1 Å². The fraction of sp³-hybridized carbons (Fsp3) is 0.600. The second kappa shape index (κ2) is 7.33. The second-order valence-electron chi connectivity index (χ2n) is 4.73. The number of aryl methyl sites for hydroxylation is 1. The summed E-state index contributed by atoms with van der Waals surface area (Å²) in [6, 6.07) is 9.33. The van der Waals surface area contributed by atoms with Crippen LogP contribution in [0, 0.1) is 6.92 Å². The molecule has 0 heterocycles. The average Bonchev–Trinajstić information content (AvgIpc) is 2.34. The van der Waals surface area contributed by atoms with Gasteiger partial charge in [-0.25, -0.2) is 0 Å². The Hall–Kier alpha value is -1.02. The van der Waals surface area contributed by atoms with Crippen LogP contribution in [0.2, 0.25) is 0 Å². The van der Waals surface area contributed by atoms with Crippen molar-refractivity contribution in [1.29, 1.82) is 0 Å². The topological polar surface area (TPSA) is 15.3 Å². The van der Waals surface area contributed by atoms with Crippen LogP contribution in [0.5, 0.6) is 0 Å². The molecule has 0 fully saturated rings. The van der Waals surface area contributed by atoms with Crippen LogP contribution < -0.4 is 10.2 Å². The van der Waals surface area contributed by atoms with Gasteiger partial charge in [-0.15, -0.1) is 0 Å². The molecule has 0 radical (unpaired) electrons. The van der Waals surface area contributed by atoms with E-state index in [1.165, 1.54) is 24.1 Å². The van der Waals surface area contributed by atoms with Gasteiger partial charge in [-0.3, -0.25) is 0 Å². The summed E-state index contributed by atoms with van der Waals surface area (Å²) in [4.78, 5) is 2.31. The maximum Gasteiger partial charge on any atom is 0.0366 e. The summed E-state index contributed by atoms with van der Waals surface area (Å²) >= 11 is 0. The average molecular weight is 234 g/mol. The summed E-state index contributed by atoms with van der Waals surface area (Å²) in [5.41, 5.74) is 2.62. The standard InChI is InChI=1S/C15H26N2/c1-5-14(6-2)16-10-11-17(4)15-9-7-8-13(3)12-15/h7-9,12,14,16H,5-6,10-11H2,1-4H3. The van der Waals surface area contributed by atoms with E-state index in [4.69, 9.17) is 0 Å². The number of hydrogen-bond acceptors (Lipinski definition) is 2. The Morgan fingerprint density at radius 2 is 1.94 bits per heavy atom. The Bertz CT molecular complexity index is 318. The van der Waals surface area contributed by atoms with Crippen LogP contribution in [0.15, 0.2) is 24.3 Å². The first-order valence-corrected chi connectivity index (χ1v) is 6.68. The normalized spacial score (nSPS) is 10.9. The zero-order valence-corrected chi connectivity index (χ0v) is 11.7. The molecule has 0 bridgehead atoms. The summed E-state index contributed by atoms with van der Waals surface area (Å²) in [7, 11) is 2.16. The molecule has 96 valence electrons. The predicted octanol–water partition coefficient (Wildman–Crippen LogP) is 3.21. The summed E-state index contributed by atoms with van der Waals surface area (Å²) in [5, 5.41) is 3.59. The van der Waals surface area contributed by atoms with Gasteiger partial charge in [0.15, 0.2) is 0 Å². The molecule has 0 aliphatic rings. The maximum atomic E-state index is 3.59. The van der Waals surface area contributed by atoms with Crippen molar-refractivity contribution in [2.45, 2.75) is 39.7 Å². The van der Waals surface area contributed by atoms with E-state index in [0.29, 0.717) is 6.04 Å². The maximum absolute atomic E-state index is 3.59. The van der Waals surface area contributed by atoms with Gasteiger partial charge in [-0.1, -0.05) is 26.0 Å². The SMILES string of the molecule is CCC(CC)NCCN(C)c1cccc(C)c1. The number of hydrogen-bond donors (Lipinski definition) is 1. The third-order valence-corrected chi connectivity index (χ3v) is 3.31. The fourth-order valence-electron chi connectivity index (χ4n) is 2.01. The largest absolute Gasteiger partial charge is 0.373 e. The molecule has 0 aliphatic heterocycles. The smallest absolute Gasteiger partial charge is 0.0366 e. The summed E-state index contributed by atoms with van der Waals surface area (Å²) in [6.45, 7) is 8.73. The minimum Gasteiger partial charge on any atom is -0.373 e. The minimum atomic E-state index is 0.668. The van der Waals surface area contributed by atoms with Crippen LogP contribution in [0.1, 0.15) is 32.3 Å². The zero-order chi connectivity index (χ0) is 12.7. The van der Waals surface area contributed by atoms with Crippen molar-refractivity contribution in [3.63, 3.8) is 0 Å². The van der Waals surface area contributed by atoms with Gasteiger partial charge in [0.2, 0.25) is 0 Å². The lowest BCUT2D eigenvalue weighted by atomic mass is 10.2. The molecular weight excluding hydrogens is 208 g/mol. The molecule has 0 aliphatic carbocycles. The first kappa shape index (κ1) is 14.0. The quantitative estimate of drug-likeness (QED) is 0.779. The van der Waals surface area contributed by atoms with Gasteiger partial charge < -0.3 is 10.2 Å². The van der Waals surface area contributed by atoms with Crippen LogP contribution in [0.25, 0.3) is 0 Å². The van der Waals surface area contributed by atoms with Crippen molar-refractivity contribution in [2.24, 2.45) is 0 Å². The molecule has 2 nitrogen and oxygen atoms in total. The van der Waals surface area contributed by atoms with Gasteiger partial charge in [0, 0.05) is 31.9 Å². The van der Waals surface area contributed by atoms with E-state index in [9.17, 15) is 0 Å². The van der Waals surface area contributed by atoms with Crippen molar-refractivity contribution in [3.05, 3.63) is 29.8 Å². The van der Waals surface area contributed by atoms with E-state index in [-0.39, 0.29) is 0 Å². The number of rotatable bonds is 7. The van der Waals surface area contributed by atoms with Crippen LogP contribution in [-0.2, 0) is 0 Å². The first-order valence-electron chi connectivity index (χ1n) is 6.68. The van der Waals surface area contributed by atoms with Crippen LogP contribution in [-0.4, -0.2) is 26.2 Å². The summed E-state index contributed by atoms with van der Waals surface area (Å²) in [5.74, 6) is 0. The van der Waals surface area contributed by atoms with Crippen molar-refractivity contribution in [1.82, 2.24) is 5.32 Å². The molecule has 2 heteroatoms. The van der Waals surface area contributed by atoms with Crippen molar-refractivity contribution in [2.75, 3.05) is 25.0 Å². The van der Waals surface area contributed by atoms with Crippen molar-refractivity contribution >= 4 is 5.69 Å². The molecule has 0 amide bonds. The van der Waals surface area contributed by atoms with Crippen LogP contribution in [0.4, 0.5) is 5.69 Å². The van der Waals surface area contributed by atoms with E-state index in [1.54, 1.807) is 0 Å². The van der Waals surface area contributed by atoms with Crippen LogP contribution >= 0.6 is 0 Å². The second-order valence-corrected chi connectivity index (χ2v) is 4.73. The Morgan fingerprint density at radius 3 is 2.53 bits per heavy atom. The number of nitrogens with one attached hydrogen (secondary N) is 1. The number of benzene rings is 1. The lowest BCUT2D eigenvalue weighted by Gasteiger charge is -2.22. The Morgan fingerprint density at radius 1 is 1.24 bits per heavy atom. The van der Waals surface area contributed by atoms with Crippen molar-refractivity contribution < 1.29 is 0 Å². The van der Waals surface area contributed by atoms with Gasteiger partial charge in [0.05, 0.1) is 0 Å². The number of nitrogens with zero attached hydrogens (tertiary/aromatic N) is 1. The third kappa shape index (κ3) is 4.78. The first-order chi connectivity index (χ1) is 8.17. The zero-order valence-electron chi connectivity index (χ0n) is 11.7. The number of likely N-dealkylation sites (N-methyl/N-ethyl adjacent to an activating group) is 1. The molecule has 17 heavy (non-hydrogen) atoms. The Labute approximate surface area is 106 Å². The van der Waals surface area contributed by atoms with Crippen molar-refractivity contribution in [3.8, 4) is 0 Å². The van der Waals surface area contributed by atoms with E-state index < -0.39 is 0 Å². The monoisotopic (exact) mass is 234 g/mol. The Balaban J connectivity index is 2.37. The molecule has 0 atom stereocenters. The molecule has 0 spiro atoms. The highest BCUT2D eigenvalue weighted by molar-refractivity contribution is 5.47. The molecule has 1 aromatic carbocycles. The van der Waals surface area contributed by atoms with Crippen LogP contribution in [0.3, 0.4) is 0 Å². The molecule has 0 saturated heterocycles. The van der Waals surface area contributed by atoms with Gasteiger partial charge in [0.1, 0.15) is 0 Å². The highest BCUT2D eigenvalue weighted by Gasteiger charge is 2.03. The number of anilines is 1. The minimum absolute atomic E-state index is 0.668. The highest BCUT2D eigenvalue weighted by Crippen LogP contribution is 2.13. The Kier molecular flexibility index (Phi) is 6.06. The molecule has 0 saturated carbocycles. The molecule has 0 unspecified atom stereocenters. The highest BCUT2D eigenvalue weighted by atomic mass is 15.1. The van der Waals surface area contributed by atoms with Gasteiger partial charge in [-0.2, -0.15) is 0 Å². The van der Waals surface area contributed by atoms with Gasteiger partial charge >= 0.3 is 0 Å². The van der Waals surface area contributed by atoms with E-state index in [1.807, 2.05) is 0 Å². The summed E-state index contributed by atoms with van der Waals surface area (Å²) in [6.07, 6.45) is 2.43. The van der Waals surface area contributed by atoms with E-state index >= 15 is 0 Å². The van der Waals surface area contributed by atoms with E-state index in [2.05, 4.69) is 62.3 Å². The molecule has 1 aromatic rings. The lowest BCUT2D eigenvalue weighted by Crippen LogP contribution is -2.35. The van der Waals surface area contributed by atoms with Gasteiger partial charge in [-0.05, 0) is 37.5 Å². The predicted molar refractivity (Wildman–Crippen MR) is 76.8 cm³/mol. The molecule has 1 N–H and O–H groups in total.